The van der Waals surface area contributed by atoms with Crippen molar-refractivity contribution in [2.24, 2.45) is 0 Å². The van der Waals surface area contributed by atoms with E-state index < -0.39 is 10.0 Å². The van der Waals surface area contributed by atoms with Crippen LogP contribution >= 0.6 is 0 Å². The van der Waals surface area contributed by atoms with Crippen LogP contribution < -0.4 is 14.8 Å². The summed E-state index contributed by atoms with van der Waals surface area (Å²) in [6.45, 7) is 0.431. The Bertz CT molecular complexity index is 776. The van der Waals surface area contributed by atoms with Crippen molar-refractivity contribution >= 4 is 27.3 Å². The van der Waals surface area contributed by atoms with Gasteiger partial charge in [0.25, 0.3) is 0 Å². The molecular formula is C17H20N2O4S. The van der Waals surface area contributed by atoms with Crippen LogP contribution in [0.1, 0.15) is 12.8 Å². The number of para-hydroxylation sites is 3. The van der Waals surface area contributed by atoms with Gasteiger partial charge >= 0.3 is 0 Å². The lowest BCUT2D eigenvalue weighted by molar-refractivity contribution is -0.116. The first-order valence-electron chi connectivity index (χ1n) is 7.48. The Morgan fingerprint density at radius 2 is 1.62 bits per heavy atom. The number of benzene rings is 2. The van der Waals surface area contributed by atoms with E-state index in [9.17, 15) is 13.2 Å². The molecule has 2 N–H and O–H groups in total. The molecular weight excluding hydrogens is 328 g/mol. The monoisotopic (exact) mass is 348 g/mol. The van der Waals surface area contributed by atoms with Gasteiger partial charge in [-0.2, -0.15) is 0 Å². The van der Waals surface area contributed by atoms with E-state index in [1.807, 2.05) is 30.3 Å². The molecule has 0 heterocycles. The molecule has 0 spiro atoms. The van der Waals surface area contributed by atoms with Crippen LogP contribution in [0.5, 0.6) is 5.75 Å². The van der Waals surface area contributed by atoms with E-state index >= 15 is 0 Å². The molecule has 0 fully saturated rings. The second kappa shape index (κ2) is 8.35. The highest BCUT2D eigenvalue weighted by molar-refractivity contribution is 7.92. The smallest absolute Gasteiger partial charge is 0.229 e. The predicted octanol–water partition coefficient (Wildman–Crippen LogP) is 2.86. The molecule has 0 atom stereocenters. The van der Waals surface area contributed by atoms with Crippen molar-refractivity contribution in [2.75, 3.05) is 22.9 Å². The normalized spacial score (nSPS) is 10.9. The maximum absolute atomic E-state index is 12.0. The molecule has 6 nitrogen and oxygen atoms in total. The molecule has 0 radical (unpaired) electrons. The van der Waals surface area contributed by atoms with Crippen LogP contribution in [0.2, 0.25) is 0 Å². The number of nitrogens with one attached hydrogen (secondary N) is 2. The first-order chi connectivity index (χ1) is 11.4. The molecule has 128 valence electrons. The third kappa shape index (κ3) is 6.29. The fraction of sp³-hybridized carbons (Fsp3) is 0.235. The third-order valence-electron chi connectivity index (χ3n) is 3.06. The zero-order chi connectivity index (χ0) is 17.4. The number of anilines is 2. The summed E-state index contributed by atoms with van der Waals surface area (Å²) in [4.78, 5) is 12.0. The SMILES string of the molecule is CS(=O)(=O)Nc1ccccc1NC(=O)CCCOc1ccccc1. The minimum Gasteiger partial charge on any atom is -0.494 e. The molecule has 0 saturated carbocycles. The number of hydrogen-bond acceptors (Lipinski definition) is 4. The molecule has 1 amide bonds. The number of ether oxygens (including phenoxy) is 1. The standard InChI is InChI=1S/C17H20N2O4S/c1-24(21,22)19-16-11-6-5-10-15(16)18-17(20)12-7-13-23-14-8-3-2-4-9-14/h2-6,8-11,19H,7,12-13H2,1H3,(H,18,20). The van der Waals surface area contributed by atoms with Crippen molar-refractivity contribution in [3.05, 3.63) is 54.6 Å². The molecule has 0 aliphatic heterocycles. The topological polar surface area (TPSA) is 84.5 Å². The highest BCUT2D eigenvalue weighted by atomic mass is 32.2. The van der Waals surface area contributed by atoms with Crippen LogP contribution in [0.25, 0.3) is 0 Å². The summed E-state index contributed by atoms with van der Waals surface area (Å²) in [5.74, 6) is 0.565. The fourth-order valence-electron chi connectivity index (χ4n) is 2.03. The zero-order valence-corrected chi connectivity index (χ0v) is 14.2. The average molecular weight is 348 g/mol. The molecule has 0 aliphatic rings. The maximum Gasteiger partial charge on any atom is 0.229 e. The largest absolute Gasteiger partial charge is 0.494 e. The number of amides is 1. The molecule has 2 rings (SSSR count). The molecule has 24 heavy (non-hydrogen) atoms. The van der Waals surface area contributed by atoms with Crippen LogP contribution in [0.4, 0.5) is 11.4 Å². The first kappa shape index (κ1) is 17.8. The molecule has 2 aromatic rings. The van der Waals surface area contributed by atoms with Gasteiger partial charge in [0.1, 0.15) is 5.75 Å². The Hall–Kier alpha value is -2.54. The number of sulfonamides is 1. The van der Waals surface area contributed by atoms with Crippen molar-refractivity contribution in [1.82, 2.24) is 0 Å². The number of carbonyl (C=O) groups is 1. The lowest BCUT2D eigenvalue weighted by Gasteiger charge is -2.12. The van der Waals surface area contributed by atoms with Gasteiger partial charge in [-0.3, -0.25) is 9.52 Å². The van der Waals surface area contributed by atoms with Gasteiger partial charge in [0.05, 0.1) is 24.2 Å². The lowest BCUT2D eigenvalue weighted by atomic mass is 10.2. The molecule has 0 unspecified atom stereocenters. The Morgan fingerprint density at radius 3 is 2.29 bits per heavy atom. The van der Waals surface area contributed by atoms with Gasteiger partial charge < -0.3 is 10.1 Å². The second-order valence-electron chi connectivity index (χ2n) is 5.23. The van der Waals surface area contributed by atoms with E-state index in [4.69, 9.17) is 4.74 Å². The molecule has 0 bridgehead atoms. The number of carbonyl (C=O) groups excluding carboxylic acids is 1. The minimum absolute atomic E-state index is 0.200. The van der Waals surface area contributed by atoms with E-state index in [0.29, 0.717) is 24.4 Å². The highest BCUT2D eigenvalue weighted by Gasteiger charge is 2.09. The zero-order valence-electron chi connectivity index (χ0n) is 13.4. The van der Waals surface area contributed by atoms with Crippen LogP contribution in [0.3, 0.4) is 0 Å². The summed E-state index contributed by atoms with van der Waals surface area (Å²) in [5.41, 5.74) is 0.769. The van der Waals surface area contributed by atoms with Gasteiger partial charge in [-0.1, -0.05) is 30.3 Å². The second-order valence-corrected chi connectivity index (χ2v) is 6.98. The van der Waals surface area contributed by atoms with Crippen LogP contribution in [-0.2, 0) is 14.8 Å². The van der Waals surface area contributed by atoms with Gasteiger partial charge in [-0.05, 0) is 30.7 Å². The van der Waals surface area contributed by atoms with Crippen LogP contribution in [-0.4, -0.2) is 27.2 Å². The van der Waals surface area contributed by atoms with E-state index in [-0.39, 0.29) is 12.3 Å². The van der Waals surface area contributed by atoms with Crippen molar-refractivity contribution in [1.29, 1.82) is 0 Å². The summed E-state index contributed by atoms with van der Waals surface area (Å²) in [6, 6.07) is 16.0. The van der Waals surface area contributed by atoms with Crippen LogP contribution in [0, 0.1) is 0 Å². The Balaban J connectivity index is 1.82. The summed E-state index contributed by atoms with van der Waals surface area (Å²) in [7, 11) is -3.41. The molecule has 0 saturated heterocycles. The Morgan fingerprint density at radius 1 is 1.00 bits per heavy atom. The molecule has 7 heteroatoms. The van der Waals surface area contributed by atoms with Crippen molar-refractivity contribution < 1.29 is 17.9 Å². The lowest BCUT2D eigenvalue weighted by Crippen LogP contribution is -2.16. The molecule has 0 aromatic heterocycles. The maximum atomic E-state index is 12.0. The summed E-state index contributed by atoms with van der Waals surface area (Å²) >= 11 is 0. The molecule has 2 aromatic carbocycles. The summed E-state index contributed by atoms with van der Waals surface area (Å²) in [5, 5.41) is 2.71. The van der Waals surface area contributed by atoms with E-state index in [1.54, 1.807) is 24.3 Å². The van der Waals surface area contributed by atoms with Gasteiger partial charge in [0.15, 0.2) is 0 Å². The molecule has 0 aliphatic carbocycles. The summed E-state index contributed by atoms with van der Waals surface area (Å²) < 4.78 is 30.6. The van der Waals surface area contributed by atoms with Crippen molar-refractivity contribution in [2.45, 2.75) is 12.8 Å². The van der Waals surface area contributed by atoms with Crippen LogP contribution in [0.15, 0.2) is 54.6 Å². The van der Waals surface area contributed by atoms with Gasteiger partial charge in [-0.25, -0.2) is 8.42 Å². The Kier molecular flexibility index (Phi) is 6.20. The van der Waals surface area contributed by atoms with Crippen molar-refractivity contribution in [3.63, 3.8) is 0 Å². The Labute approximate surface area is 141 Å². The highest BCUT2D eigenvalue weighted by Crippen LogP contribution is 2.22. The van der Waals surface area contributed by atoms with E-state index in [1.165, 1.54) is 0 Å². The van der Waals surface area contributed by atoms with Gasteiger partial charge in [0.2, 0.25) is 15.9 Å². The van der Waals surface area contributed by atoms with E-state index in [0.717, 1.165) is 12.0 Å². The quantitative estimate of drug-likeness (QED) is 0.719. The summed E-state index contributed by atoms with van der Waals surface area (Å²) in [6.07, 6.45) is 1.90. The van der Waals surface area contributed by atoms with E-state index in [2.05, 4.69) is 10.0 Å². The fourth-order valence-corrected chi connectivity index (χ4v) is 2.61. The van der Waals surface area contributed by atoms with Gasteiger partial charge in [-0.15, -0.1) is 0 Å². The number of hydrogen-bond donors (Lipinski definition) is 2. The average Bonchev–Trinajstić information content (AvgIpc) is 2.53. The van der Waals surface area contributed by atoms with Crippen molar-refractivity contribution in [3.8, 4) is 5.75 Å². The predicted molar refractivity (Wildman–Crippen MR) is 94.7 cm³/mol. The third-order valence-corrected chi connectivity index (χ3v) is 3.65. The minimum atomic E-state index is -3.41. The van der Waals surface area contributed by atoms with Gasteiger partial charge in [0, 0.05) is 6.42 Å². The number of rotatable bonds is 8. The first-order valence-corrected chi connectivity index (χ1v) is 9.38.